The van der Waals surface area contributed by atoms with Gasteiger partial charge in [-0.15, -0.1) is 23.7 Å². The molecule has 11 heteroatoms. The molecule has 1 atom stereocenters. The Labute approximate surface area is 160 Å². The van der Waals surface area contributed by atoms with Crippen molar-refractivity contribution >= 4 is 56.9 Å². The van der Waals surface area contributed by atoms with Gasteiger partial charge in [0.05, 0.1) is 16.2 Å². The van der Waals surface area contributed by atoms with Gasteiger partial charge in [-0.2, -0.15) is 0 Å². The van der Waals surface area contributed by atoms with E-state index in [4.69, 9.17) is 11.6 Å². The van der Waals surface area contributed by atoms with Gasteiger partial charge in [0, 0.05) is 31.1 Å². The number of sulfonamides is 1. The fourth-order valence-corrected chi connectivity index (χ4v) is 4.62. The molecule has 1 aromatic carbocycles. The summed E-state index contributed by atoms with van der Waals surface area (Å²) in [6.07, 6.45) is 0.917. The van der Waals surface area contributed by atoms with Crippen LogP contribution in [0.3, 0.4) is 0 Å². The van der Waals surface area contributed by atoms with E-state index in [-0.39, 0.29) is 29.3 Å². The summed E-state index contributed by atoms with van der Waals surface area (Å²) in [5.41, 5.74) is 1.95. The van der Waals surface area contributed by atoms with Crippen molar-refractivity contribution in [2.24, 2.45) is 0 Å². The van der Waals surface area contributed by atoms with Crippen LogP contribution in [0.1, 0.15) is 6.42 Å². The van der Waals surface area contributed by atoms with Gasteiger partial charge in [-0.1, -0.05) is 11.6 Å². The molecule has 0 saturated carbocycles. The molecule has 1 saturated heterocycles. The highest BCUT2D eigenvalue weighted by molar-refractivity contribution is 7.92. The number of halogens is 3. The molecule has 1 aliphatic heterocycles. The second-order valence-electron chi connectivity index (χ2n) is 5.47. The van der Waals surface area contributed by atoms with Crippen molar-refractivity contribution in [3.63, 3.8) is 0 Å². The van der Waals surface area contributed by atoms with Gasteiger partial charge in [0.2, 0.25) is 0 Å². The van der Waals surface area contributed by atoms with Crippen molar-refractivity contribution < 1.29 is 12.8 Å². The lowest BCUT2D eigenvalue weighted by molar-refractivity contribution is 0.569. The zero-order valence-electron chi connectivity index (χ0n) is 13.2. The molecule has 0 spiro atoms. The number of hydrogen-bond acceptors (Lipinski definition) is 6. The minimum absolute atomic E-state index is 0. The molecule has 25 heavy (non-hydrogen) atoms. The predicted molar refractivity (Wildman–Crippen MR) is 101 cm³/mol. The number of anilines is 2. The summed E-state index contributed by atoms with van der Waals surface area (Å²) >= 11 is 7.46. The molecule has 0 bridgehead atoms. The number of thiazole rings is 1. The number of benzene rings is 1. The van der Waals surface area contributed by atoms with Gasteiger partial charge in [-0.05, 0) is 19.0 Å². The largest absolute Gasteiger partial charge is 0.369 e. The van der Waals surface area contributed by atoms with Gasteiger partial charge < -0.3 is 10.2 Å². The molecule has 0 aliphatic carbocycles. The van der Waals surface area contributed by atoms with E-state index in [0.717, 1.165) is 31.6 Å². The van der Waals surface area contributed by atoms with Crippen LogP contribution in [0.25, 0.3) is 0 Å². The topological polar surface area (TPSA) is 74.3 Å². The predicted octanol–water partition coefficient (Wildman–Crippen LogP) is 2.96. The maximum absolute atomic E-state index is 14.5. The Morgan fingerprint density at radius 1 is 1.48 bits per heavy atom. The van der Waals surface area contributed by atoms with E-state index in [1.807, 2.05) is 11.9 Å². The fraction of sp³-hybridized carbons (Fsp3) is 0.357. The molecule has 1 fully saturated rings. The second-order valence-corrected chi connectivity index (χ2v) is 8.25. The Morgan fingerprint density at radius 2 is 2.24 bits per heavy atom. The van der Waals surface area contributed by atoms with Crippen LogP contribution < -0.4 is 14.9 Å². The van der Waals surface area contributed by atoms with Crippen LogP contribution in [-0.2, 0) is 10.0 Å². The van der Waals surface area contributed by atoms with Gasteiger partial charge in [-0.25, -0.2) is 17.8 Å². The van der Waals surface area contributed by atoms with Gasteiger partial charge in [0.15, 0.2) is 5.82 Å². The van der Waals surface area contributed by atoms with Crippen molar-refractivity contribution in [3.05, 3.63) is 33.9 Å². The summed E-state index contributed by atoms with van der Waals surface area (Å²) in [5.74, 6) is -0.705. The number of nitrogens with zero attached hydrogens (tertiary/aromatic N) is 2. The number of aromatic nitrogens is 1. The highest BCUT2D eigenvalue weighted by Gasteiger charge is 2.26. The first-order valence-electron chi connectivity index (χ1n) is 7.22. The third-order valence-corrected chi connectivity index (χ3v) is 6.18. The maximum atomic E-state index is 14.5. The van der Waals surface area contributed by atoms with E-state index in [0.29, 0.717) is 5.69 Å². The number of likely N-dealkylation sites (N-methyl/N-ethyl adjacent to an activating group) is 1. The first-order valence-corrected chi connectivity index (χ1v) is 10.0. The Hall–Kier alpha value is -1.13. The minimum Gasteiger partial charge on any atom is -0.369 e. The zero-order chi connectivity index (χ0) is 17.3. The van der Waals surface area contributed by atoms with Gasteiger partial charge in [0.1, 0.15) is 10.7 Å². The summed E-state index contributed by atoms with van der Waals surface area (Å²) in [4.78, 5) is 5.21. The summed E-state index contributed by atoms with van der Waals surface area (Å²) in [7, 11) is -2.27. The quantitative estimate of drug-likeness (QED) is 0.768. The number of nitrogens with one attached hydrogen (secondary N) is 2. The molecule has 0 amide bonds. The smallest absolute Gasteiger partial charge is 0.266 e. The van der Waals surface area contributed by atoms with Crippen LogP contribution in [-0.4, -0.2) is 39.6 Å². The van der Waals surface area contributed by atoms with Crippen LogP contribution in [0.2, 0.25) is 5.02 Å². The Balaban J connectivity index is 0.00000225. The zero-order valence-corrected chi connectivity index (χ0v) is 16.4. The lowest BCUT2D eigenvalue weighted by Crippen LogP contribution is -2.33. The number of hydrogen-bond donors (Lipinski definition) is 2. The van der Waals surface area contributed by atoms with Crippen LogP contribution in [0.5, 0.6) is 0 Å². The monoisotopic (exact) mass is 426 g/mol. The molecule has 2 heterocycles. The molecule has 2 N–H and O–H groups in total. The number of rotatable bonds is 5. The molecule has 0 unspecified atom stereocenters. The van der Waals surface area contributed by atoms with Crippen molar-refractivity contribution in [1.82, 2.24) is 10.3 Å². The first-order chi connectivity index (χ1) is 11.4. The van der Waals surface area contributed by atoms with Crippen LogP contribution in [0.4, 0.5) is 15.9 Å². The van der Waals surface area contributed by atoms with Gasteiger partial charge in [0.25, 0.3) is 10.0 Å². The summed E-state index contributed by atoms with van der Waals surface area (Å²) < 4.78 is 41.4. The third-order valence-electron chi connectivity index (χ3n) is 3.92. The molecular formula is C14H17Cl2FN4O2S2. The van der Waals surface area contributed by atoms with E-state index in [2.05, 4.69) is 15.0 Å². The van der Waals surface area contributed by atoms with Crippen molar-refractivity contribution in [3.8, 4) is 0 Å². The van der Waals surface area contributed by atoms with Gasteiger partial charge in [-0.3, -0.25) is 4.72 Å². The summed E-state index contributed by atoms with van der Waals surface area (Å²) in [6, 6.07) is 2.49. The molecule has 1 aromatic heterocycles. The summed E-state index contributed by atoms with van der Waals surface area (Å²) in [5, 5.41) is 4.93. The average molecular weight is 427 g/mol. The van der Waals surface area contributed by atoms with Crippen molar-refractivity contribution in [2.45, 2.75) is 17.4 Å². The maximum Gasteiger partial charge on any atom is 0.266 e. The molecule has 1 aliphatic rings. The van der Waals surface area contributed by atoms with E-state index in [9.17, 15) is 12.8 Å². The Morgan fingerprint density at radius 3 is 2.84 bits per heavy atom. The third kappa shape index (κ3) is 4.35. The highest BCUT2D eigenvalue weighted by atomic mass is 35.5. The first kappa shape index (κ1) is 20.2. The fourth-order valence-electron chi connectivity index (χ4n) is 2.62. The lowest BCUT2D eigenvalue weighted by Gasteiger charge is -2.27. The molecule has 3 rings (SSSR count). The molecule has 0 radical (unpaired) electrons. The van der Waals surface area contributed by atoms with Crippen molar-refractivity contribution in [2.75, 3.05) is 29.8 Å². The molecule has 6 nitrogen and oxygen atoms in total. The molecule has 138 valence electrons. The standard InChI is InChI=1S/C14H16ClFN4O2S2.ClH/c1-20(9-2-3-17-6-9)12-5-11(16)13(4-10(12)15)24(21,22)19-14-7-23-8-18-14;/h4-5,7-9,17,19H,2-3,6H2,1H3;1H/t9-;/m0./s1. The Kier molecular flexibility index (Phi) is 6.50. The summed E-state index contributed by atoms with van der Waals surface area (Å²) in [6.45, 7) is 1.67. The van der Waals surface area contributed by atoms with E-state index < -0.39 is 20.7 Å². The molecule has 2 aromatic rings. The lowest BCUT2D eigenvalue weighted by atomic mass is 10.2. The van der Waals surface area contributed by atoms with E-state index >= 15 is 0 Å². The average Bonchev–Trinajstić information content (AvgIpc) is 3.21. The molecular weight excluding hydrogens is 410 g/mol. The van der Waals surface area contributed by atoms with Crippen LogP contribution in [0.15, 0.2) is 27.9 Å². The SMILES string of the molecule is CN(c1cc(F)c(S(=O)(=O)Nc2cscn2)cc1Cl)[C@H]1CCNC1.Cl. The van der Waals surface area contributed by atoms with Gasteiger partial charge >= 0.3 is 0 Å². The second kappa shape index (κ2) is 8.05. The Bertz CT molecular complexity index is 828. The normalized spacial score (nSPS) is 17.2. The van der Waals surface area contributed by atoms with Crippen LogP contribution >= 0.6 is 35.3 Å². The van der Waals surface area contributed by atoms with Crippen LogP contribution in [0, 0.1) is 5.82 Å². The van der Waals surface area contributed by atoms with E-state index in [1.54, 1.807) is 0 Å². The minimum atomic E-state index is -4.09. The highest BCUT2D eigenvalue weighted by Crippen LogP contribution is 2.32. The van der Waals surface area contributed by atoms with E-state index in [1.165, 1.54) is 22.2 Å². The van der Waals surface area contributed by atoms with Crippen molar-refractivity contribution in [1.29, 1.82) is 0 Å².